The van der Waals surface area contributed by atoms with E-state index in [1.165, 1.54) is 10.4 Å². The summed E-state index contributed by atoms with van der Waals surface area (Å²) < 4.78 is 6.36. The van der Waals surface area contributed by atoms with Crippen molar-refractivity contribution in [1.29, 1.82) is 5.26 Å². The summed E-state index contributed by atoms with van der Waals surface area (Å²) in [5, 5.41) is 8.96. The van der Waals surface area contributed by atoms with E-state index in [4.69, 9.17) is 15.7 Å². The van der Waals surface area contributed by atoms with Crippen molar-refractivity contribution in [1.82, 2.24) is 9.88 Å². The summed E-state index contributed by atoms with van der Waals surface area (Å²) in [6.07, 6.45) is 2.43. The quantitative estimate of drug-likeness (QED) is 0.664. The first-order chi connectivity index (χ1) is 15.1. The van der Waals surface area contributed by atoms with Crippen LogP contribution < -0.4 is 5.73 Å². The molecule has 2 aromatic heterocycles. The number of thiophene rings is 1. The molecule has 5 rings (SSSR count). The molecule has 2 N–H and O–H groups in total. The maximum absolute atomic E-state index is 12.9. The summed E-state index contributed by atoms with van der Waals surface area (Å²) in [5.74, 6) is 0.523. The molecule has 0 unspecified atom stereocenters. The topological polar surface area (TPSA) is 92.2 Å². The van der Waals surface area contributed by atoms with Crippen molar-refractivity contribution >= 4 is 23.1 Å². The standard InChI is InChI=1S/C24H22N4O2S/c25-15-16-4-6-17(7-5-16)23(29)28-11-9-24(10-12-28)18-14-21(31-20(18)8-13-30-24)19-2-1-3-22(26)27-19/h1-7,14H,8-13H2,(H2,26,27). The second-order valence-electron chi connectivity index (χ2n) is 7.97. The van der Waals surface area contributed by atoms with Gasteiger partial charge in [-0.3, -0.25) is 4.79 Å². The molecule has 0 atom stereocenters. The zero-order chi connectivity index (χ0) is 21.4. The molecule has 1 saturated heterocycles. The van der Waals surface area contributed by atoms with Crippen LogP contribution in [0.4, 0.5) is 5.82 Å². The van der Waals surface area contributed by atoms with E-state index in [1.807, 2.05) is 17.0 Å². The molecule has 3 aromatic rings. The number of hydrogen-bond donors (Lipinski definition) is 1. The summed E-state index contributed by atoms with van der Waals surface area (Å²) >= 11 is 1.77. The van der Waals surface area contributed by atoms with Crippen LogP contribution in [0.5, 0.6) is 0 Å². The Morgan fingerprint density at radius 2 is 1.97 bits per heavy atom. The third kappa shape index (κ3) is 3.58. The van der Waals surface area contributed by atoms with E-state index in [9.17, 15) is 4.79 Å². The van der Waals surface area contributed by atoms with Crippen LogP contribution in [0, 0.1) is 11.3 Å². The number of hydrogen-bond acceptors (Lipinski definition) is 6. The van der Waals surface area contributed by atoms with E-state index in [1.54, 1.807) is 41.7 Å². The van der Waals surface area contributed by atoms with Crippen LogP contribution in [0.3, 0.4) is 0 Å². The minimum atomic E-state index is -0.343. The van der Waals surface area contributed by atoms with Crippen molar-refractivity contribution in [2.75, 3.05) is 25.4 Å². The number of piperidine rings is 1. The largest absolute Gasteiger partial charge is 0.384 e. The highest BCUT2D eigenvalue weighted by molar-refractivity contribution is 7.15. The van der Waals surface area contributed by atoms with Gasteiger partial charge in [0.15, 0.2) is 0 Å². The van der Waals surface area contributed by atoms with Gasteiger partial charge in [0, 0.05) is 30.0 Å². The lowest BCUT2D eigenvalue weighted by Gasteiger charge is -2.44. The van der Waals surface area contributed by atoms with Crippen molar-refractivity contribution in [3.05, 3.63) is 70.1 Å². The van der Waals surface area contributed by atoms with Crippen LogP contribution in [0.2, 0.25) is 0 Å². The lowest BCUT2D eigenvalue weighted by molar-refractivity contribution is -0.0926. The highest BCUT2D eigenvalue weighted by Gasteiger charge is 2.43. The number of aromatic nitrogens is 1. The fourth-order valence-corrected chi connectivity index (χ4v) is 5.69. The van der Waals surface area contributed by atoms with Gasteiger partial charge in [-0.15, -0.1) is 11.3 Å². The van der Waals surface area contributed by atoms with Gasteiger partial charge >= 0.3 is 0 Å². The molecule has 0 bridgehead atoms. The smallest absolute Gasteiger partial charge is 0.253 e. The lowest BCUT2D eigenvalue weighted by Crippen LogP contribution is -2.48. The molecule has 0 radical (unpaired) electrons. The van der Waals surface area contributed by atoms with Gasteiger partial charge in [0.2, 0.25) is 0 Å². The first-order valence-corrected chi connectivity index (χ1v) is 11.2. The summed E-state index contributed by atoms with van der Waals surface area (Å²) in [7, 11) is 0. The number of nitrogen functional groups attached to an aromatic ring is 1. The molecule has 6 nitrogen and oxygen atoms in total. The molecule has 1 aromatic carbocycles. The number of anilines is 1. The second kappa shape index (κ2) is 7.80. The molecule has 7 heteroatoms. The Balaban J connectivity index is 1.36. The van der Waals surface area contributed by atoms with Gasteiger partial charge in [-0.2, -0.15) is 5.26 Å². The van der Waals surface area contributed by atoms with Gasteiger partial charge in [0.1, 0.15) is 5.82 Å². The summed E-state index contributed by atoms with van der Waals surface area (Å²) in [4.78, 5) is 21.7. The highest BCUT2D eigenvalue weighted by Crippen LogP contribution is 2.46. The SMILES string of the molecule is N#Cc1ccc(C(=O)N2CCC3(CC2)OCCc2sc(-c4cccc(N)n4)cc23)cc1. The van der Waals surface area contributed by atoms with Gasteiger partial charge in [-0.25, -0.2) is 4.98 Å². The summed E-state index contributed by atoms with van der Waals surface area (Å²) in [5.41, 5.74) is 8.84. The van der Waals surface area contributed by atoms with Crippen LogP contribution >= 0.6 is 11.3 Å². The average Bonchev–Trinajstić information content (AvgIpc) is 3.26. The molecule has 31 heavy (non-hydrogen) atoms. The Labute approximate surface area is 184 Å². The van der Waals surface area contributed by atoms with Crippen LogP contribution in [0.15, 0.2) is 48.5 Å². The second-order valence-corrected chi connectivity index (χ2v) is 9.11. The monoisotopic (exact) mass is 430 g/mol. The van der Waals surface area contributed by atoms with E-state index in [0.29, 0.717) is 36.6 Å². The molecule has 4 heterocycles. The number of benzene rings is 1. The van der Waals surface area contributed by atoms with Gasteiger partial charge < -0.3 is 15.4 Å². The fraction of sp³-hybridized carbons (Fsp3) is 0.292. The number of amides is 1. The predicted octanol–water partition coefficient (Wildman–Crippen LogP) is 3.97. The van der Waals surface area contributed by atoms with E-state index in [2.05, 4.69) is 17.1 Å². The molecule has 2 aliphatic heterocycles. The number of carbonyl (C=O) groups is 1. The van der Waals surface area contributed by atoms with Crippen LogP contribution in [0.1, 0.15) is 39.2 Å². The number of carbonyl (C=O) groups excluding carboxylic acids is 1. The van der Waals surface area contributed by atoms with Crippen LogP contribution in [-0.2, 0) is 16.8 Å². The van der Waals surface area contributed by atoms with Crippen molar-refractivity contribution in [3.8, 4) is 16.6 Å². The molecular weight excluding hydrogens is 408 g/mol. The van der Waals surface area contributed by atoms with Crippen molar-refractivity contribution in [2.24, 2.45) is 0 Å². The molecule has 1 spiro atoms. The Morgan fingerprint density at radius 1 is 1.19 bits per heavy atom. The highest BCUT2D eigenvalue weighted by atomic mass is 32.1. The first-order valence-electron chi connectivity index (χ1n) is 10.4. The first kappa shape index (κ1) is 19.7. The Morgan fingerprint density at radius 3 is 2.68 bits per heavy atom. The summed E-state index contributed by atoms with van der Waals surface area (Å²) in [6.45, 7) is 1.97. The van der Waals surface area contributed by atoms with E-state index in [-0.39, 0.29) is 11.5 Å². The fourth-order valence-electron chi connectivity index (χ4n) is 4.49. The van der Waals surface area contributed by atoms with E-state index >= 15 is 0 Å². The Kier molecular flexibility index (Phi) is 4.97. The number of nitrogens with two attached hydrogens (primary N) is 1. The van der Waals surface area contributed by atoms with Crippen LogP contribution in [-0.4, -0.2) is 35.5 Å². The number of rotatable bonds is 2. The average molecular weight is 431 g/mol. The molecule has 0 saturated carbocycles. The number of nitrogens with zero attached hydrogens (tertiary/aromatic N) is 3. The minimum Gasteiger partial charge on any atom is -0.384 e. The van der Waals surface area contributed by atoms with Crippen molar-refractivity contribution < 1.29 is 9.53 Å². The molecule has 156 valence electrons. The van der Waals surface area contributed by atoms with E-state index in [0.717, 1.165) is 29.8 Å². The maximum Gasteiger partial charge on any atom is 0.253 e. The zero-order valence-electron chi connectivity index (χ0n) is 17.0. The number of fused-ring (bicyclic) bond motifs is 2. The van der Waals surface area contributed by atoms with Crippen molar-refractivity contribution in [3.63, 3.8) is 0 Å². The number of pyridine rings is 1. The molecule has 1 fully saturated rings. The number of nitriles is 1. The van der Waals surface area contributed by atoms with Crippen LogP contribution in [0.25, 0.3) is 10.6 Å². The van der Waals surface area contributed by atoms with Gasteiger partial charge in [0.05, 0.1) is 34.4 Å². The van der Waals surface area contributed by atoms with Crippen molar-refractivity contribution in [2.45, 2.75) is 24.9 Å². The van der Waals surface area contributed by atoms with Gasteiger partial charge in [-0.1, -0.05) is 6.07 Å². The third-order valence-electron chi connectivity index (χ3n) is 6.15. The molecular formula is C24H22N4O2S. The number of ether oxygens (including phenoxy) is 1. The van der Waals surface area contributed by atoms with Gasteiger partial charge in [0.25, 0.3) is 5.91 Å². The normalized spacial score (nSPS) is 17.2. The third-order valence-corrected chi connectivity index (χ3v) is 7.37. The summed E-state index contributed by atoms with van der Waals surface area (Å²) in [6, 6.07) is 16.8. The minimum absolute atomic E-state index is 0.00495. The molecule has 2 aliphatic rings. The molecule has 0 aliphatic carbocycles. The number of likely N-dealkylation sites (tertiary alicyclic amines) is 1. The van der Waals surface area contributed by atoms with Gasteiger partial charge in [-0.05, 0) is 60.9 Å². The Hall–Kier alpha value is -3.21. The van der Waals surface area contributed by atoms with E-state index < -0.39 is 0 Å². The lowest BCUT2D eigenvalue weighted by atomic mass is 9.82. The Bertz CT molecular complexity index is 1170. The zero-order valence-corrected chi connectivity index (χ0v) is 17.8. The molecule has 1 amide bonds. The maximum atomic E-state index is 12.9. The predicted molar refractivity (Wildman–Crippen MR) is 120 cm³/mol.